The first kappa shape index (κ1) is 15.9. The predicted molar refractivity (Wildman–Crippen MR) is 66.6 cm³/mol. The molecule has 100 valence electrons. The summed E-state index contributed by atoms with van der Waals surface area (Å²) in [5, 5.41) is 3.15. The van der Waals surface area contributed by atoms with Gasteiger partial charge in [-0.25, -0.2) is 0 Å². The molecular formula is C12H24N2O3. The van der Waals surface area contributed by atoms with Crippen LogP contribution in [-0.4, -0.2) is 50.6 Å². The SMILES string of the molecule is CCNCC(C)C(=O)N(C)CCCC(=O)OC. The highest BCUT2D eigenvalue weighted by Gasteiger charge is 2.16. The summed E-state index contributed by atoms with van der Waals surface area (Å²) >= 11 is 0. The lowest BCUT2D eigenvalue weighted by molar-refractivity contribution is -0.141. The van der Waals surface area contributed by atoms with Crippen LogP contribution in [0.1, 0.15) is 26.7 Å². The molecule has 0 aromatic carbocycles. The van der Waals surface area contributed by atoms with Gasteiger partial charge in [0.25, 0.3) is 0 Å². The quantitative estimate of drug-likeness (QED) is 0.637. The lowest BCUT2D eigenvalue weighted by Crippen LogP contribution is -2.37. The van der Waals surface area contributed by atoms with Crippen LogP contribution in [0.25, 0.3) is 0 Å². The van der Waals surface area contributed by atoms with E-state index in [0.717, 1.165) is 6.54 Å². The van der Waals surface area contributed by atoms with Crippen molar-refractivity contribution >= 4 is 11.9 Å². The largest absolute Gasteiger partial charge is 0.469 e. The van der Waals surface area contributed by atoms with Crippen LogP contribution in [0.3, 0.4) is 0 Å². The highest BCUT2D eigenvalue weighted by atomic mass is 16.5. The van der Waals surface area contributed by atoms with Crippen LogP contribution in [-0.2, 0) is 14.3 Å². The van der Waals surface area contributed by atoms with Gasteiger partial charge in [0.05, 0.1) is 7.11 Å². The van der Waals surface area contributed by atoms with E-state index in [1.807, 2.05) is 13.8 Å². The van der Waals surface area contributed by atoms with Gasteiger partial charge in [-0.3, -0.25) is 9.59 Å². The molecule has 5 heteroatoms. The van der Waals surface area contributed by atoms with Crippen LogP contribution in [0.4, 0.5) is 0 Å². The minimum atomic E-state index is -0.230. The highest BCUT2D eigenvalue weighted by Crippen LogP contribution is 2.02. The first-order valence-corrected chi connectivity index (χ1v) is 6.05. The maximum atomic E-state index is 11.9. The van der Waals surface area contributed by atoms with Crippen LogP contribution in [0, 0.1) is 5.92 Å². The molecule has 0 fully saturated rings. The van der Waals surface area contributed by atoms with E-state index in [-0.39, 0.29) is 17.8 Å². The summed E-state index contributed by atoms with van der Waals surface area (Å²) in [6, 6.07) is 0. The van der Waals surface area contributed by atoms with Gasteiger partial charge in [-0.05, 0) is 13.0 Å². The van der Waals surface area contributed by atoms with Gasteiger partial charge in [-0.1, -0.05) is 13.8 Å². The number of carbonyl (C=O) groups excluding carboxylic acids is 2. The molecule has 0 radical (unpaired) electrons. The van der Waals surface area contributed by atoms with Crippen molar-refractivity contribution in [1.29, 1.82) is 0 Å². The Morgan fingerprint density at radius 1 is 1.41 bits per heavy atom. The summed E-state index contributed by atoms with van der Waals surface area (Å²) in [5.41, 5.74) is 0. The Morgan fingerprint density at radius 2 is 2.06 bits per heavy atom. The Labute approximate surface area is 103 Å². The molecule has 0 saturated heterocycles. The molecule has 0 spiro atoms. The minimum Gasteiger partial charge on any atom is -0.469 e. The third kappa shape index (κ3) is 6.94. The number of hydrogen-bond donors (Lipinski definition) is 1. The summed E-state index contributed by atoms with van der Waals surface area (Å²) in [4.78, 5) is 24.4. The monoisotopic (exact) mass is 244 g/mol. The fraction of sp³-hybridized carbons (Fsp3) is 0.833. The van der Waals surface area contributed by atoms with Gasteiger partial charge in [0.15, 0.2) is 0 Å². The second-order valence-electron chi connectivity index (χ2n) is 4.15. The Kier molecular flexibility index (Phi) is 8.40. The number of nitrogens with one attached hydrogen (secondary N) is 1. The molecule has 0 saturated carbocycles. The lowest BCUT2D eigenvalue weighted by atomic mass is 10.1. The van der Waals surface area contributed by atoms with E-state index >= 15 is 0 Å². The lowest BCUT2D eigenvalue weighted by Gasteiger charge is -2.21. The van der Waals surface area contributed by atoms with Crippen molar-refractivity contribution in [3.05, 3.63) is 0 Å². The zero-order valence-electron chi connectivity index (χ0n) is 11.3. The number of nitrogens with zero attached hydrogens (tertiary/aromatic N) is 1. The zero-order valence-corrected chi connectivity index (χ0v) is 11.3. The van der Waals surface area contributed by atoms with E-state index in [9.17, 15) is 9.59 Å². The standard InChI is InChI=1S/C12H24N2O3/c1-5-13-9-10(2)12(16)14(3)8-6-7-11(15)17-4/h10,13H,5-9H2,1-4H3. The fourth-order valence-electron chi connectivity index (χ4n) is 1.50. The first-order valence-electron chi connectivity index (χ1n) is 6.05. The van der Waals surface area contributed by atoms with Gasteiger partial charge < -0.3 is 15.0 Å². The van der Waals surface area contributed by atoms with Crippen molar-refractivity contribution in [1.82, 2.24) is 10.2 Å². The molecule has 17 heavy (non-hydrogen) atoms. The molecule has 0 heterocycles. The third-order valence-corrected chi connectivity index (χ3v) is 2.60. The minimum absolute atomic E-state index is 0.0296. The van der Waals surface area contributed by atoms with E-state index in [4.69, 9.17) is 0 Å². The van der Waals surface area contributed by atoms with Crippen molar-refractivity contribution < 1.29 is 14.3 Å². The molecule has 5 nitrogen and oxygen atoms in total. The maximum Gasteiger partial charge on any atom is 0.305 e. The number of carbonyl (C=O) groups is 2. The van der Waals surface area contributed by atoms with E-state index in [1.54, 1.807) is 11.9 Å². The maximum absolute atomic E-state index is 11.9. The van der Waals surface area contributed by atoms with Gasteiger partial charge in [0.2, 0.25) is 5.91 Å². The van der Waals surface area contributed by atoms with Crippen molar-refractivity contribution in [3.63, 3.8) is 0 Å². The average molecular weight is 244 g/mol. The second kappa shape index (κ2) is 8.98. The van der Waals surface area contributed by atoms with Crippen LogP contribution in [0.15, 0.2) is 0 Å². The molecule has 0 aliphatic carbocycles. The molecule has 1 amide bonds. The van der Waals surface area contributed by atoms with Crippen molar-refractivity contribution in [3.8, 4) is 0 Å². The zero-order chi connectivity index (χ0) is 13.3. The predicted octanol–water partition coefficient (Wildman–Crippen LogP) is 0.644. The van der Waals surface area contributed by atoms with Gasteiger partial charge in [0, 0.05) is 32.5 Å². The molecule has 0 aromatic rings. The van der Waals surface area contributed by atoms with Gasteiger partial charge in [0.1, 0.15) is 0 Å². The Morgan fingerprint density at radius 3 is 2.59 bits per heavy atom. The average Bonchev–Trinajstić information content (AvgIpc) is 2.34. The van der Waals surface area contributed by atoms with Crippen molar-refractivity contribution in [2.45, 2.75) is 26.7 Å². The van der Waals surface area contributed by atoms with Crippen LogP contribution in [0.5, 0.6) is 0 Å². The molecule has 0 aliphatic rings. The number of esters is 1. The summed E-state index contributed by atoms with van der Waals surface area (Å²) in [6.07, 6.45) is 0.999. The number of rotatable bonds is 8. The Bertz CT molecular complexity index is 244. The molecule has 1 atom stereocenters. The van der Waals surface area contributed by atoms with Gasteiger partial charge >= 0.3 is 5.97 Å². The van der Waals surface area contributed by atoms with Gasteiger partial charge in [-0.2, -0.15) is 0 Å². The van der Waals surface area contributed by atoms with Crippen LogP contribution >= 0.6 is 0 Å². The smallest absolute Gasteiger partial charge is 0.305 e. The van der Waals surface area contributed by atoms with Crippen LogP contribution < -0.4 is 5.32 Å². The first-order chi connectivity index (χ1) is 8.02. The van der Waals surface area contributed by atoms with E-state index in [2.05, 4.69) is 10.1 Å². The molecule has 0 bridgehead atoms. The Balaban J connectivity index is 3.84. The van der Waals surface area contributed by atoms with E-state index in [0.29, 0.717) is 25.9 Å². The van der Waals surface area contributed by atoms with Crippen LogP contribution in [0.2, 0.25) is 0 Å². The fourth-order valence-corrected chi connectivity index (χ4v) is 1.50. The number of amides is 1. The molecule has 0 aliphatic heterocycles. The molecular weight excluding hydrogens is 220 g/mol. The summed E-state index contributed by atoms with van der Waals surface area (Å²) in [7, 11) is 3.14. The molecule has 0 rings (SSSR count). The van der Waals surface area contributed by atoms with Crippen molar-refractivity contribution in [2.24, 2.45) is 5.92 Å². The Hall–Kier alpha value is -1.10. The number of ether oxygens (including phenoxy) is 1. The summed E-state index contributed by atoms with van der Waals surface area (Å²) in [5.74, 6) is -0.152. The van der Waals surface area contributed by atoms with Gasteiger partial charge in [-0.15, -0.1) is 0 Å². The normalized spacial score (nSPS) is 12.0. The highest BCUT2D eigenvalue weighted by molar-refractivity contribution is 5.78. The van der Waals surface area contributed by atoms with E-state index < -0.39 is 0 Å². The summed E-state index contributed by atoms with van der Waals surface area (Å²) < 4.78 is 4.54. The number of methoxy groups -OCH3 is 1. The molecule has 0 aromatic heterocycles. The second-order valence-corrected chi connectivity index (χ2v) is 4.15. The van der Waals surface area contributed by atoms with E-state index in [1.165, 1.54) is 7.11 Å². The third-order valence-electron chi connectivity index (χ3n) is 2.60. The molecule has 1 N–H and O–H groups in total. The topological polar surface area (TPSA) is 58.6 Å². The van der Waals surface area contributed by atoms with Crippen molar-refractivity contribution in [2.75, 3.05) is 33.8 Å². The summed E-state index contributed by atoms with van der Waals surface area (Å²) in [6.45, 7) is 6.06. The number of hydrogen-bond acceptors (Lipinski definition) is 4. The molecule has 1 unspecified atom stereocenters.